The largest absolute Gasteiger partial charge is 0.386 e. The van der Waals surface area contributed by atoms with Gasteiger partial charge in [0.1, 0.15) is 0 Å². The lowest BCUT2D eigenvalue weighted by Crippen LogP contribution is -2.50. The molecule has 3 amide bonds. The van der Waals surface area contributed by atoms with Gasteiger partial charge >= 0.3 is 6.03 Å². The fourth-order valence-corrected chi connectivity index (χ4v) is 5.68. The first-order valence-corrected chi connectivity index (χ1v) is 14.3. The number of carbonyl (C=O) groups is 2. The van der Waals surface area contributed by atoms with Crippen LogP contribution < -0.4 is 10.6 Å². The third kappa shape index (κ3) is 6.23. The Morgan fingerprint density at radius 1 is 0.950 bits per heavy atom. The number of amides is 3. The van der Waals surface area contributed by atoms with Gasteiger partial charge in [0.25, 0.3) is 0 Å². The van der Waals surface area contributed by atoms with Crippen LogP contribution in [0.1, 0.15) is 74.8 Å². The summed E-state index contributed by atoms with van der Waals surface area (Å²) in [7, 11) is 0. The van der Waals surface area contributed by atoms with E-state index in [2.05, 4.69) is 41.0 Å². The SMILES string of the molecule is CC(C)(C)NC(=O)N1CCc2c(-c3cccc(C(C)(C)O)c3)ccc(CNC(=O)[C@@H]3C[C@H]3c3ccccc3)c2C1. The van der Waals surface area contributed by atoms with Crippen molar-refractivity contribution in [3.8, 4) is 11.1 Å². The molecular formula is C34H41N3O3. The number of hydrogen-bond donors (Lipinski definition) is 3. The van der Waals surface area contributed by atoms with E-state index >= 15 is 0 Å². The molecule has 1 heterocycles. The maximum absolute atomic E-state index is 13.1. The Kier molecular flexibility index (Phi) is 7.49. The van der Waals surface area contributed by atoms with Crippen LogP contribution in [0.5, 0.6) is 0 Å². The molecule has 1 aliphatic heterocycles. The minimum absolute atomic E-state index is 0.0103. The summed E-state index contributed by atoms with van der Waals surface area (Å²) in [6.07, 6.45) is 1.60. The molecule has 2 atom stereocenters. The molecule has 1 saturated carbocycles. The molecule has 6 heteroatoms. The number of aliphatic hydroxyl groups is 1. The van der Waals surface area contributed by atoms with Crippen LogP contribution in [0, 0.1) is 5.92 Å². The number of hydrogen-bond acceptors (Lipinski definition) is 3. The fraction of sp³-hybridized carbons (Fsp3) is 0.412. The second kappa shape index (κ2) is 10.7. The molecule has 3 aromatic rings. The monoisotopic (exact) mass is 539 g/mol. The standard InChI is InChI=1S/C34H41N3O3/c1-33(2,3)36-32(39)37-17-16-27-26(23-12-9-13-25(18-23)34(4,5)40)15-14-24(30(27)21-37)20-35-31(38)29-19-28(29)22-10-7-6-8-11-22/h6-15,18,28-29,40H,16-17,19-21H2,1-5H3,(H,35,38)(H,36,39)/t28-,29+/m0/s1. The van der Waals surface area contributed by atoms with E-state index in [9.17, 15) is 14.7 Å². The Hall–Kier alpha value is -3.64. The van der Waals surface area contributed by atoms with Gasteiger partial charge in [-0.15, -0.1) is 0 Å². The van der Waals surface area contributed by atoms with E-state index in [0.29, 0.717) is 19.6 Å². The first-order chi connectivity index (χ1) is 18.9. The van der Waals surface area contributed by atoms with Gasteiger partial charge in [-0.2, -0.15) is 0 Å². The fourth-order valence-electron chi connectivity index (χ4n) is 5.68. The summed E-state index contributed by atoms with van der Waals surface area (Å²) in [5.74, 6) is 0.385. The second-order valence-corrected chi connectivity index (χ2v) is 12.8. The highest BCUT2D eigenvalue weighted by molar-refractivity contribution is 5.83. The molecule has 2 aliphatic rings. The lowest BCUT2D eigenvalue weighted by atomic mass is 9.86. The van der Waals surface area contributed by atoms with Crippen LogP contribution in [-0.2, 0) is 29.9 Å². The van der Waals surface area contributed by atoms with Gasteiger partial charge in [0, 0.05) is 31.1 Å². The molecule has 0 unspecified atom stereocenters. The van der Waals surface area contributed by atoms with Gasteiger partial charge in [0.15, 0.2) is 0 Å². The van der Waals surface area contributed by atoms with Crippen molar-refractivity contribution in [3.05, 3.63) is 94.5 Å². The lowest BCUT2D eigenvalue weighted by molar-refractivity contribution is -0.122. The maximum Gasteiger partial charge on any atom is 0.318 e. The molecule has 1 fully saturated rings. The van der Waals surface area contributed by atoms with Crippen molar-refractivity contribution in [2.24, 2.45) is 5.92 Å². The number of carbonyl (C=O) groups excluding carboxylic acids is 2. The van der Waals surface area contributed by atoms with E-state index < -0.39 is 5.60 Å². The topological polar surface area (TPSA) is 81.7 Å². The van der Waals surface area contributed by atoms with Gasteiger partial charge in [0.05, 0.1) is 5.60 Å². The maximum atomic E-state index is 13.1. The Bertz CT molecular complexity index is 1400. The highest BCUT2D eigenvalue weighted by Crippen LogP contribution is 2.47. The molecule has 210 valence electrons. The predicted molar refractivity (Wildman–Crippen MR) is 159 cm³/mol. The predicted octanol–water partition coefficient (Wildman–Crippen LogP) is 5.87. The molecule has 3 N–H and O–H groups in total. The van der Waals surface area contributed by atoms with Gasteiger partial charge in [-0.3, -0.25) is 4.79 Å². The molecule has 6 nitrogen and oxygen atoms in total. The van der Waals surface area contributed by atoms with E-state index in [4.69, 9.17) is 0 Å². The molecule has 0 radical (unpaired) electrons. The van der Waals surface area contributed by atoms with Crippen molar-refractivity contribution in [3.63, 3.8) is 0 Å². The summed E-state index contributed by atoms with van der Waals surface area (Å²) in [4.78, 5) is 28.0. The average molecular weight is 540 g/mol. The van der Waals surface area contributed by atoms with Crippen LogP contribution in [0.25, 0.3) is 11.1 Å². The van der Waals surface area contributed by atoms with Gasteiger partial charge in [-0.25, -0.2) is 4.79 Å². The molecule has 5 rings (SSSR count). The quantitative estimate of drug-likeness (QED) is 0.367. The molecule has 0 bridgehead atoms. The molecule has 0 saturated heterocycles. The number of fused-ring (bicyclic) bond motifs is 1. The van der Waals surface area contributed by atoms with Crippen molar-refractivity contribution in [2.45, 2.75) is 77.6 Å². The first-order valence-electron chi connectivity index (χ1n) is 14.3. The van der Waals surface area contributed by atoms with Crippen LogP contribution in [0.15, 0.2) is 66.7 Å². The third-order valence-electron chi connectivity index (χ3n) is 7.97. The number of rotatable bonds is 6. The Labute approximate surface area is 237 Å². The molecule has 3 aromatic carbocycles. The smallest absolute Gasteiger partial charge is 0.318 e. The molecular weight excluding hydrogens is 498 g/mol. The normalized spacial score (nSPS) is 18.6. The van der Waals surface area contributed by atoms with Gasteiger partial charge in [-0.1, -0.05) is 60.7 Å². The minimum Gasteiger partial charge on any atom is -0.386 e. The number of benzene rings is 3. The molecule has 0 aromatic heterocycles. The summed E-state index contributed by atoms with van der Waals surface area (Å²) in [5, 5.41) is 16.9. The summed E-state index contributed by atoms with van der Waals surface area (Å²) in [5.41, 5.74) is 6.30. The van der Waals surface area contributed by atoms with Gasteiger partial charge in [0.2, 0.25) is 5.91 Å². The molecule has 0 spiro atoms. The lowest BCUT2D eigenvalue weighted by Gasteiger charge is -2.34. The van der Waals surface area contributed by atoms with Gasteiger partial charge < -0.3 is 20.6 Å². The number of nitrogens with one attached hydrogen (secondary N) is 2. The van der Waals surface area contributed by atoms with E-state index in [1.807, 2.05) is 62.1 Å². The Morgan fingerprint density at radius 2 is 1.70 bits per heavy atom. The zero-order chi connectivity index (χ0) is 28.7. The summed E-state index contributed by atoms with van der Waals surface area (Å²) >= 11 is 0. The minimum atomic E-state index is -0.942. The highest BCUT2D eigenvalue weighted by atomic mass is 16.3. The van der Waals surface area contributed by atoms with E-state index in [0.717, 1.165) is 40.7 Å². The number of nitrogens with zero attached hydrogens (tertiary/aromatic N) is 1. The van der Waals surface area contributed by atoms with Crippen LogP contribution >= 0.6 is 0 Å². The Morgan fingerprint density at radius 3 is 2.40 bits per heavy atom. The van der Waals surface area contributed by atoms with Gasteiger partial charge in [-0.05, 0) is 98.4 Å². The van der Waals surface area contributed by atoms with Crippen LogP contribution in [0.2, 0.25) is 0 Å². The second-order valence-electron chi connectivity index (χ2n) is 12.8. The van der Waals surface area contributed by atoms with E-state index in [1.54, 1.807) is 13.8 Å². The van der Waals surface area contributed by atoms with E-state index in [1.165, 1.54) is 11.1 Å². The van der Waals surface area contributed by atoms with E-state index in [-0.39, 0.29) is 29.3 Å². The summed E-state index contributed by atoms with van der Waals surface area (Å²) < 4.78 is 0. The van der Waals surface area contributed by atoms with Crippen LogP contribution in [0.3, 0.4) is 0 Å². The average Bonchev–Trinajstić information content (AvgIpc) is 3.72. The van der Waals surface area contributed by atoms with Crippen molar-refractivity contribution < 1.29 is 14.7 Å². The van der Waals surface area contributed by atoms with Crippen molar-refractivity contribution in [1.29, 1.82) is 0 Å². The Balaban J connectivity index is 1.41. The summed E-state index contributed by atoms with van der Waals surface area (Å²) in [6, 6.07) is 22.4. The van der Waals surface area contributed by atoms with Crippen molar-refractivity contribution >= 4 is 11.9 Å². The van der Waals surface area contributed by atoms with Crippen LogP contribution in [0.4, 0.5) is 4.79 Å². The molecule has 40 heavy (non-hydrogen) atoms. The van der Waals surface area contributed by atoms with Crippen molar-refractivity contribution in [1.82, 2.24) is 15.5 Å². The summed E-state index contributed by atoms with van der Waals surface area (Å²) in [6.45, 7) is 11.1. The van der Waals surface area contributed by atoms with Crippen LogP contribution in [-0.4, -0.2) is 34.0 Å². The zero-order valence-corrected chi connectivity index (χ0v) is 24.3. The highest BCUT2D eigenvalue weighted by Gasteiger charge is 2.43. The van der Waals surface area contributed by atoms with Crippen molar-refractivity contribution in [2.75, 3.05) is 6.54 Å². The first kappa shape index (κ1) is 27.9. The third-order valence-corrected chi connectivity index (χ3v) is 7.97. The molecule has 1 aliphatic carbocycles. The zero-order valence-electron chi connectivity index (χ0n) is 24.3. The number of urea groups is 1.